The van der Waals surface area contributed by atoms with Crippen molar-refractivity contribution in [3.63, 3.8) is 0 Å². The van der Waals surface area contributed by atoms with Crippen molar-refractivity contribution in [2.24, 2.45) is 5.92 Å². The van der Waals surface area contributed by atoms with Crippen molar-refractivity contribution in [3.8, 4) is 5.75 Å². The van der Waals surface area contributed by atoms with Crippen molar-refractivity contribution in [2.45, 2.75) is 38.1 Å². The lowest BCUT2D eigenvalue weighted by Gasteiger charge is -2.15. The number of nitrogens with one attached hydrogen (secondary N) is 2. The Hall–Kier alpha value is -3.06. The summed E-state index contributed by atoms with van der Waals surface area (Å²) in [5, 5.41) is 5.77. The number of carbonyl (C=O) groups is 2. The zero-order valence-electron chi connectivity index (χ0n) is 17.2. The van der Waals surface area contributed by atoms with Crippen LogP contribution in [0.3, 0.4) is 0 Å². The smallest absolute Gasteiger partial charge is 0.324 e. The van der Waals surface area contributed by atoms with E-state index in [1.54, 1.807) is 6.92 Å². The topological polar surface area (TPSA) is 144 Å². The molecule has 1 aromatic carbocycles. The number of urea groups is 1. The molecule has 11 nitrogen and oxygen atoms in total. The average Bonchev–Trinajstić information content (AvgIpc) is 3.36. The Morgan fingerprint density at radius 3 is 2.84 bits per heavy atom. The lowest BCUT2D eigenvalue weighted by atomic mass is 10.1. The van der Waals surface area contributed by atoms with E-state index in [1.807, 2.05) is 0 Å². The quantitative estimate of drug-likeness (QED) is 0.497. The molecule has 4 rings (SSSR count). The summed E-state index contributed by atoms with van der Waals surface area (Å²) in [5.74, 6) is -1.08. The molecule has 1 aliphatic heterocycles. The first-order valence-electron chi connectivity index (χ1n) is 10.0. The van der Waals surface area contributed by atoms with Crippen LogP contribution in [-0.4, -0.2) is 48.5 Å². The van der Waals surface area contributed by atoms with E-state index in [9.17, 15) is 22.4 Å². The molecular formula is C19H22FN5O6S. The molecule has 1 unspecified atom stereocenters. The second-order valence-electron chi connectivity index (χ2n) is 7.86. The van der Waals surface area contributed by atoms with Gasteiger partial charge in [0.25, 0.3) is 0 Å². The molecule has 2 heterocycles. The number of aromatic nitrogens is 2. The third-order valence-electron chi connectivity index (χ3n) is 5.01. The highest BCUT2D eigenvalue weighted by Crippen LogP contribution is 2.31. The Kier molecular flexibility index (Phi) is 6.11. The van der Waals surface area contributed by atoms with Crippen LogP contribution >= 0.6 is 0 Å². The lowest BCUT2D eigenvalue weighted by molar-refractivity contribution is -0.118. The maximum Gasteiger partial charge on any atom is 0.324 e. The third kappa shape index (κ3) is 5.59. The van der Waals surface area contributed by atoms with Gasteiger partial charge in [-0.05, 0) is 43.4 Å². The molecule has 1 saturated heterocycles. The zero-order chi connectivity index (χ0) is 22.9. The highest BCUT2D eigenvalue weighted by molar-refractivity contribution is 7.88. The maximum atomic E-state index is 14.0. The fourth-order valence-corrected chi connectivity index (χ4v) is 4.33. The number of hydrogen-bond acceptors (Lipinski definition) is 8. The van der Waals surface area contributed by atoms with Crippen LogP contribution in [0.15, 0.2) is 22.7 Å². The van der Waals surface area contributed by atoms with E-state index < -0.39 is 39.6 Å². The van der Waals surface area contributed by atoms with Crippen LogP contribution < -0.4 is 14.8 Å². The molecule has 2 N–H and O–H groups in total. The summed E-state index contributed by atoms with van der Waals surface area (Å²) in [7, 11) is -3.88. The Morgan fingerprint density at radius 2 is 2.16 bits per heavy atom. The van der Waals surface area contributed by atoms with Gasteiger partial charge >= 0.3 is 6.03 Å². The summed E-state index contributed by atoms with van der Waals surface area (Å²) in [6.07, 6.45) is 2.14. The van der Waals surface area contributed by atoms with Crippen molar-refractivity contribution in [1.82, 2.24) is 25.1 Å². The van der Waals surface area contributed by atoms with Crippen molar-refractivity contribution in [2.75, 3.05) is 13.2 Å². The number of imide groups is 1. The van der Waals surface area contributed by atoms with E-state index in [-0.39, 0.29) is 30.6 Å². The number of hydrogen-bond donors (Lipinski definition) is 2. The van der Waals surface area contributed by atoms with Crippen LogP contribution in [0, 0.1) is 11.7 Å². The second kappa shape index (κ2) is 8.82. The summed E-state index contributed by atoms with van der Waals surface area (Å²) < 4.78 is 52.0. The molecule has 2 fully saturated rings. The third-order valence-corrected chi connectivity index (χ3v) is 6.35. The first-order valence-corrected chi connectivity index (χ1v) is 11.7. The van der Waals surface area contributed by atoms with Crippen LogP contribution in [0.1, 0.15) is 43.1 Å². The van der Waals surface area contributed by atoms with Crippen LogP contribution in [0.25, 0.3) is 0 Å². The molecule has 2 aliphatic rings. The normalized spacial score (nSPS) is 17.5. The fourth-order valence-electron chi connectivity index (χ4n) is 3.13. The average molecular weight is 467 g/mol. The Balaban J connectivity index is 1.36. The number of nitrogens with zero attached hydrogens (tertiary/aromatic N) is 3. The number of ether oxygens (including phenoxy) is 1. The standard InChI is InChI=1S/C19H22FN5O6S/c1-11(13-4-5-14(20)15(6-13)30-9-12-2-3-12)24-32(28,29)10-18-21-16(23-31-18)7-25-8-17(26)22-19(25)27/h4-6,11-12,24H,2-3,7-10H2,1H3,(H,22,26,27). The van der Waals surface area contributed by atoms with E-state index in [0.717, 1.165) is 12.8 Å². The predicted octanol–water partition coefficient (Wildman–Crippen LogP) is 1.23. The van der Waals surface area contributed by atoms with Crippen molar-refractivity contribution >= 4 is 22.0 Å². The highest BCUT2D eigenvalue weighted by atomic mass is 32.2. The number of carbonyl (C=O) groups excluding carboxylic acids is 2. The van der Waals surface area contributed by atoms with Crippen LogP contribution in [0.5, 0.6) is 5.75 Å². The van der Waals surface area contributed by atoms with Crippen LogP contribution in [0.4, 0.5) is 9.18 Å². The molecule has 1 aliphatic carbocycles. The first kappa shape index (κ1) is 22.1. The summed E-state index contributed by atoms with van der Waals surface area (Å²) in [6, 6.07) is 2.97. The number of halogens is 1. The van der Waals surface area contributed by atoms with E-state index in [1.165, 1.54) is 23.1 Å². The van der Waals surface area contributed by atoms with E-state index in [0.29, 0.717) is 18.1 Å². The molecule has 172 valence electrons. The molecule has 32 heavy (non-hydrogen) atoms. The molecule has 13 heteroatoms. The summed E-state index contributed by atoms with van der Waals surface area (Å²) in [5.41, 5.74) is 0.539. The number of benzene rings is 1. The SMILES string of the molecule is CC(NS(=O)(=O)Cc1nc(CN2CC(=O)NC2=O)no1)c1ccc(F)c(OCC2CC2)c1. The zero-order valence-corrected chi connectivity index (χ0v) is 18.0. The van der Waals surface area contributed by atoms with Crippen molar-refractivity contribution in [1.29, 1.82) is 0 Å². The van der Waals surface area contributed by atoms with Crippen LogP contribution in [-0.2, 0) is 27.1 Å². The molecule has 1 saturated carbocycles. The van der Waals surface area contributed by atoms with E-state index >= 15 is 0 Å². The van der Waals surface area contributed by atoms with Gasteiger partial charge in [-0.2, -0.15) is 4.98 Å². The molecule has 0 spiro atoms. The van der Waals surface area contributed by atoms with E-state index in [4.69, 9.17) is 9.26 Å². The van der Waals surface area contributed by atoms with Gasteiger partial charge in [-0.3, -0.25) is 10.1 Å². The molecular weight excluding hydrogens is 445 g/mol. The lowest BCUT2D eigenvalue weighted by Crippen LogP contribution is -2.28. The first-order chi connectivity index (χ1) is 15.2. The Morgan fingerprint density at radius 1 is 1.38 bits per heavy atom. The number of amides is 3. The Labute approximate surface area is 183 Å². The Bertz CT molecular complexity index is 1130. The minimum absolute atomic E-state index is 0.0732. The van der Waals surface area contributed by atoms with Gasteiger partial charge in [0.05, 0.1) is 13.2 Å². The van der Waals surface area contributed by atoms with Gasteiger partial charge in [-0.1, -0.05) is 11.2 Å². The van der Waals surface area contributed by atoms with Gasteiger partial charge in [0.15, 0.2) is 17.4 Å². The minimum Gasteiger partial charge on any atom is -0.490 e. The molecule has 0 radical (unpaired) electrons. The molecule has 0 bridgehead atoms. The van der Waals surface area contributed by atoms with Crippen molar-refractivity contribution in [3.05, 3.63) is 41.3 Å². The number of sulfonamides is 1. The molecule has 3 amide bonds. The van der Waals surface area contributed by atoms with Crippen LogP contribution in [0.2, 0.25) is 0 Å². The minimum atomic E-state index is -3.88. The van der Waals surface area contributed by atoms with E-state index in [2.05, 4.69) is 20.2 Å². The summed E-state index contributed by atoms with van der Waals surface area (Å²) in [6.45, 7) is 1.83. The summed E-state index contributed by atoms with van der Waals surface area (Å²) in [4.78, 5) is 27.9. The van der Waals surface area contributed by atoms with Gasteiger partial charge < -0.3 is 14.2 Å². The fraction of sp³-hybridized carbons (Fsp3) is 0.474. The molecule has 1 atom stereocenters. The van der Waals surface area contributed by atoms with Gasteiger partial charge in [0.1, 0.15) is 12.3 Å². The van der Waals surface area contributed by atoms with Gasteiger partial charge in [0.2, 0.25) is 21.8 Å². The highest BCUT2D eigenvalue weighted by Gasteiger charge is 2.29. The van der Waals surface area contributed by atoms with Gasteiger partial charge in [-0.25, -0.2) is 22.3 Å². The van der Waals surface area contributed by atoms with Gasteiger partial charge in [0, 0.05) is 6.04 Å². The maximum absolute atomic E-state index is 14.0. The molecule has 1 aromatic heterocycles. The predicted molar refractivity (Wildman–Crippen MR) is 107 cm³/mol. The second-order valence-corrected chi connectivity index (χ2v) is 9.61. The monoisotopic (exact) mass is 467 g/mol. The molecule has 2 aromatic rings. The number of rotatable bonds is 10. The largest absolute Gasteiger partial charge is 0.490 e. The van der Waals surface area contributed by atoms with Gasteiger partial charge in [-0.15, -0.1) is 0 Å². The summed E-state index contributed by atoms with van der Waals surface area (Å²) >= 11 is 0. The van der Waals surface area contributed by atoms with Crippen molar-refractivity contribution < 1.29 is 31.7 Å².